The van der Waals surface area contributed by atoms with Gasteiger partial charge in [-0.25, -0.2) is 0 Å². The van der Waals surface area contributed by atoms with Crippen LogP contribution in [0.1, 0.15) is 12.5 Å². The Bertz CT molecular complexity index is 566. The van der Waals surface area contributed by atoms with Gasteiger partial charge in [-0.3, -0.25) is 0 Å². The molecule has 1 atom stereocenters. The molecule has 0 bridgehead atoms. The molecular weight excluding hydrogens is 299 g/mol. The number of hydrogen-bond acceptors (Lipinski definition) is 1. The third-order valence-electron chi connectivity index (χ3n) is 3.77. The van der Waals surface area contributed by atoms with Crippen LogP contribution in [0.25, 0.3) is 5.57 Å². The molecule has 1 aliphatic heterocycles. The first-order valence-corrected chi connectivity index (χ1v) is 9.20. The predicted molar refractivity (Wildman–Crippen MR) is 81.1 cm³/mol. The molecule has 19 heavy (non-hydrogen) atoms. The summed E-state index contributed by atoms with van der Waals surface area (Å²) >= 11 is 0.545. The number of hydrogen-bond donors (Lipinski definition) is 0. The quantitative estimate of drug-likeness (QED) is 0.610. The molecule has 0 fully saturated rings. The molecule has 0 aromatic heterocycles. The number of allylic oxidation sites excluding steroid dienone is 3. The monoisotopic (exact) mass is 318 g/mol. The van der Waals surface area contributed by atoms with Gasteiger partial charge in [-0.15, -0.1) is 0 Å². The van der Waals surface area contributed by atoms with Crippen molar-refractivity contribution in [3.05, 3.63) is 63.7 Å². The van der Waals surface area contributed by atoms with Crippen molar-refractivity contribution in [2.75, 3.05) is 13.2 Å². The summed E-state index contributed by atoms with van der Waals surface area (Å²) in [6, 6.07) is 10.7. The summed E-state index contributed by atoms with van der Waals surface area (Å²) in [4.78, 5) is 0. The second-order valence-electron chi connectivity index (χ2n) is 4.80. The number of benzene rings is 1. The second kappa shape index (κ2) is 5.50. The number of rotatable bonds is 3. The fourth-order valence-corrected chi connectivity index (χ4v) is 4.34. The molecule has 2 heteroatoms. The van der Waals surface area contributed by atoms with Gasteiger partial charge < -0.3 is 0 Å². The van der Waals surface area contributed by atoms with Crippen molar-refractivity contribution in [1.29, 1.82) is 0 Å². The van der Waals surface area contributed by atoms with E-state index in [-0.39, 0.29) is 0 Å². The van der Waals surface area contributed by atoms with Crippen molar-refractivity contribution in [3.8, 4) is 0 Å². The molecule has 1 aliphatic carbocycles. The van der Waals surface area contributed by atoms with Gasteiger partial charge in [-0.2, -0.15) is 0 Å². The van der Waals surface area contributed by atoms with Crippen LogP contribution in [-0.4, -0.2) is 28.2 Å². The van der Waals surface area contributed by atoms with E-state index >= 15 is 0 Å². The average Bonchev–Trinajstić information content (AvgIpc) is 2.45. The van der Waals surface area contributed by atoms with Gasteiger partial charge >= 0.3 is 121 Å². The molecule has 1 nitrogen and oxygen atoms in total. The van der Waals surface area contributed by atoms with Crippen LogP contribution in [0.4, 0.5) is 0 Å². The van der Waals surface area contributed by atoms with Gasteiger partial charge in [-0.05, 0) is 0 Å². The average molecular weight is 317 g/mol. The standard InChI is InChI=1S/C17H18OSe/c1-3-7-13-16(12-8-5-4-6-9-12)14-10-18-11-15(19-2)17(13)14/h3-9,13H,10-11H2,1-2H3/b7-3+. The molecule has 1 aromatic carbocycles. The summed E-state index contributed by atoms with van der Waals surface area (Å²) in [7, 11) is 0. The van der Waals surface area contributed by atoms with E-state index in [1.54, 1.807) is 5.57 Å². The molecule has 0 radical (unpaired) electrons. The van der Waals surface area contributed by atoms with Gasteiger partial charge in [0.1, 0.15) is 0 Å². The Morgan fingerprint density at radius 3 is 2.63 bits per heavy atom. The first-order valence-electron chi connectivity index (χ1n) is 6.63. The van der Waals surface area contributed by atoms with E-state index in [0.29, 0.717) is 20.9 Å². The molecule has 0 saturated carbocycles. The van der Waals surface area contributed by atoms with Crippen molar-refractivity contribution >= 4 is 20.5 Å². The summed E-state index contributed by atoms with van der Waals surface area (Å²) < 4.78 is 7.30. The van der Waals surface area contributed by atoms with E-state index in [9.17, 15) is 0 Å². The van der Waals surface area contributed by atoms with Gasteiger partial charge in [0.2, 0.25) is 0 Å². The first kappa shape index (κ1) is 12.9. The molecule has 98 valence electrons. The summed E-state index contributed by atoms with van der Waals surface area (Å²) in [5, 5.41) is 0. The Hall–Kier alpha value is -1.08. The molecule has 1 heterocycles. The molecule has 0 N–H and O–H groups in total. The Morgan fingerprint density at radius 1 is 1.16 bits per heavy atom. The minimum absolute atomic E-state index is 0.489. The summed E-state index contributed by atoms with van der Waals surface area (Å²) in [6.45, 7) is 3.73. The molecule has 2 aliphatic rings. The SMILES string of the molecule is C/C=C/C1C2=C([Se]C)COCC2=C1c1ccccc1. The van der Waals surface area contributed by atoms with Crippen molar-refractivity contribution in [3.63, 3.8) is 0 Å². The molecule has 3 rings (SSSR count). The van der Waals surface area contributed by atoms with E-state index in [0.717, 1.165) is 13.2 Å². The zero-order valence-electron chi connectivity index (χ0n) is 11.3. The maximum atomic E-state index is 5.76. The van der Waals surface area contributed by atoms with Crippen LogP contribution in [0, 0.1) is 5.92 Å². The molecule has 1 unspecified atom stereocenters. The van der Waals surface area contributed by atoms with Crippen molar-refractivity contribution in [1.82, 2.24) is 0 Å². The Kier molecular flexibility index (Phi) is 3.74. The predicted octanol–water partition coefficient (Wildman–Crippen LogP) is 3.68. The Balaban J connectivity index is 2.12. The molecule has 1 aromatic rings. The summed E-state index contributed by atoms with van der Waals surface area (Å²) in [5.74, 6) is 2.78. The topological polar surface area (TPSA) is 9.23 Å². The van der Waals surface area contributed by atoms with Crippen molar-refractivity contribution < 1.29 is 4.74 Å². The van der Waals surface area contributed by atoms with E-state index < -0.39 is 0 Å². The molecule has 0 spiro atoms. The minimum atomic E-state index is 0.489. The molecular formula is C17H18OSe. The fraction of sp³-hybridized carbons (Fsp3) is 0.294. The first-order chi connectivity index (χ1) is 9.36. The van der Waals surface area contributed by atoms with Gasteiger partial charge in [0, 0.05) is 0 Å². The zero-order valence-corrected chi connectivity index (χ0v) is 13.1. The van der Waals surface area contributed by atoms with Gasteiger partial charge in [-0.1, -0.05) is 0 Å². The van der Waals surface area contributed by atoms with Crippen LogP contribution in [0.5, 0.6) is 0 Å². The van der Waals surface area contributed by atoms with Crippen LogP contribution in [0.3, 0.4) is 0 Å². The van der Waals surface area contributed by atoms with Crippen LogP contribution in [0.2, 0.25) is 5.82 Å². The maximum absolute atomic E-state index is 5.76. The van der Waals surface area contributed by atoms with Crippen LogP contribution < -0.4 is 0 Å². The van der Waals surface area contributed by atoms with Crippen molar-refractivity contribution in [2.45, 2.75) is 12.7 Å². The van der Waals surface area contributed by atoms with Crippen LogP contribution >= 0.6 is 0 Å². The number of ether oxygens (including phenoxy) is 1. The van der Waals surface area contributed by atoms with E-state index in [1.165, 1.54) is 21.2 Å². The van der Waals surface area contributed by atoms with Crippen molar-refractivity contribution in [2.24, 2.45) is 5.92 Å². The van der Waals surface area contributed by atoms with E-state index in [1.807, 2.05) is 0 Å². The Labute approximate surface area is 121 Å². The summed E-state index contributed by atoms with van der Waals surface area (Å²) in [6.07, 6.45) is 4.51. The molecule has 0 saturated heterocycles. The van der Waals surface area contributed by atoms with Gasteiger partial charge in [0.15, 0.2) is 0 Å². The second-order valence-corrected chi connectivity index (χ2v) is 6.69. The summed E-state index contributed by atoms with van der Waals surface area (Å²) in [5.41, 5.74) is 5.83. The van der Waals surface area contributed by atoms with E-state index in [4.69, 9.17) is 4.74 Å². The Morgan fingerprint density at radius 2 is 1.95 bits per heavy atom. The van der Waals surface area contributed by atoms with Crippen LogP contribution in [0.15, 0.2) is 58.1 Å². The molecule has 0 amide bonds. The van der Waals surface area contributed by atoms with Gasteiger partial charge in [0.05, 0.1) is 0 Å². The third kappa shape index (κ3) is 2.14. The van der Waals surface area contributed by atoms with E-state index in [2.05, 4.69) is 55.2 Å². The number of fused-ring (bicyclic) bond motifs is 1. The third-order valence-corrected chi connectivity index (χ3v) is 5.51. The fourth-order valence-electron chi connectivity index (χ4n) is 2.93. The zero-order chi connectivity index (χ0) is 13.2. The normalized spacial score (nSPS) is 22.7. The van der Waals surface area contributed by atoms with Gasteiger partial charge in [0.25, 0.3) is 0 Å². The van der Waals surface area contributed by atoms with Crippen LogP contribution in [-0.2, 0) is 4.74 Å².